The molecule has 2 rings (SSSR count). The van der Waals surface area contributed by atoms with E-state index >= 15 is 0 Å². The van der Waals surface area contributed by atoms with Gasteiger partial charge in [-0.3, -0.25) is 4.79 Å². The van der Waals surface area contributed by atoms with Crippen LogP contribution in [-0.4, -0.2) is 57.4 Å². The first-order valence-electron chi connectivity index (χ1n) is 7.54. The van der Waals surface area contributed by atoms with Crippen LogP contribution in [0.3, 0.4) is 0 Å². The highest BCUT2D eigenvalue weighted by Gasteiger charge is 2.27. The van der Waals surface area contributed by atoms with Crippen molar-refractivity contribution in [2.45, 2.75) is 12.5 Å². The number of rotatable bonds is 7. The van der Waals surface area contributed by atoms with Crippen LogP contribution in [0.2, 0.25) is 5.02 Å². The highest BCUT2D eigenvalue weighted by atomic mass is 35.5. The Labute approximate surface area is 148 Å². The average Bonchev–Trinajstić information content (AvgIpc) is 2.54. The number of benzene rings is 1. The molecule has 0 bridgehead atoms. The van der Waals surface area contributed by atoms with Crippen molar-refractivity contribution in [2.24, 2.45) is 0 Å². The number of piperazine rings is 1. The highest BCUT2D eigenvalue weighted by molar-refractivity contribution is 6.30. The fourth-order valence-electron chi connectivity index (χ4n) is 2.56. The minimum absolute atomic E-state index is 0. The lowest BCUT2D eigenvalue weighted by Crippen LogP contribution is -2.48. The second-order valence-electron chi connectivity index (χ2n) is 5.22. The lowest BCUT2D eigenvalue weighted by molar-refractivity contribution is -0.135. The van der Waals surface area contributed by atoms with Gasteiger partial charge in [0.1, 0.15) is 0 Å². The zero-order valence-corrected chi connectivity index (χ0v) is 14.9. The number of carbonyl (C=O) groups is 1. The molecule has 1 aromatic carbocycles. The summed E-state index contributed by atoms with van der Waals surface area (Å²) in [6, 6.07) is 7.73. The van der Waals surface area contributed by atoms with Gasteiger partial charge in [0.2, 0.25) is 5.91 Å². The van der Waals surface area contributed by atoms with E-state index in [-0.39, 0.29) is 24.4 Å². The molecule has 1 fully saturated rings. The van der Waals surface area contributed by atoms with E-state index in [0.717, 1.165) is 18.7 Å². The van der Waals surface area contributed by atoms with Gasteiger partial charge in [-0.15, -0.1) is 12.4 Å². The van der Waals surface area contributed by atoms with Gasteiger partial charge in [-0.2, -0.15) is 0 Å². The van der Waals surface area contributed by atoms with Gasteiger partial charge in [-0.1, -0.05) is 23.7 Å². The van der Waals surface area contributed by atoms with E-state index in [1.165, 1.54) is 0 Å². The molecule has 1 atom stereocenters. The van der Waals surface area contributed by atoms with Crippen molar-refractivity contribution in [3.8, 4) is 0 Å². The van der Waals surface area contributed by atoms with Crippen molar-refractivity contribution in [1.29, 1.82) is 0 Å². The van der Waals surface area contributed by atoms with Crippen LogP contribution in [0.4, 0.5) is 0 Å². The fraction of sp³-hybridized carbons (Fsp3) is 0.562. The number of nitrogens with one attached hydrogen (secondary N) is 1. The van der Waals surface area contributed by atoms with Gasteiger partial charge in [-0.05, 0) is 17.7 Å². The van der Waals surface area contributed by atoms with Crippen molar-refractivity contribution in [3.63, 3.8) is 0 Å². The molecule has 0 aromatic heterocycles. The summed E-state index contributed by atoms with van der Waals surface area (Å²) in [5, 5.41) is 4.03. The third-order valence-electron chi connectivity index (χ3n) is 3.69. The molecule has 130 valence electrons. The molecule has 1 saturated heterocycles. The summed E-state index contributed by atoms with van der Waals surface area (Å²) in [5.41, 5.74) is 1.06. The van der Waals surface area contributed by atoms with Crippen LogP contribution < -0.4 is 5.32 Å². The minimum atomic E-state index is 0. The maximum Gasteiger partial charge on any atom is 0.225 e. The molecule has 1 aliphatic rings. The summed E-state index contributed by atoms with van der Waals surface area (Å²) >= 11 is 6.07. The third kappa shape index (κ3) is 6.28. The molecular weight excluding hydrogens is 339 g/mol. The lowest BCUT2D eigenvalue weighted by atomic mass is 10.0. The Morgan fingerprint density at radius 3 is 2.96 bits per heavy atom. The average molecular weight is 363 g/mol. The SMILES string of the molecule is COCCOCCC(=O)N1CCNCC1c1cccc(Cl)c1.Cl. The van der Waals surface area contributed by atoms with Gasteiger partial charge in [0, 0.05) is 31.8 Å². The van der Waals surface area contributed by atoms with Crippen LogP contribution >= 0.6 is 24.0 Å². The molecule has 0 spiro atoms. The highest BCUT2D eigenvalue weighted by Crippen LogP contribution is 2.25. The van der Waals surface area contributed by atoms with Gasteiger partial charge < -0.3 is 19.7 Å². The molecule has 0 aliphatic carbocycles. The number of amides is 1. The summed E-state index contributed by atoms with van der Waals surface area (Å²) in [4.78, 5) is 14.4. The molecule has 1 N–H and O–H groups in total. The number of halogens is 2. The monoisotopic (exact) mass is 362 g/mol. The van der Waals surface area contributed by atoms with Gasteiger partial charge in [0.15, 0.2) is 0 Å². The van der Waals surface area contributed by atoms with Crippen molar-refractivity contribution < 1.29 is 14.3 Å². The molecule has 1 heterocycles. The number of hydrogen-bond donors (Lipinski definition) is 1. The Kier molecular flexibility index (Phi) is 9.52. The van der Waals surface area contributed by atoms with Crippen molar-refractivity contribution >= 4 is 29.9 Å². The smallest absolute Gasteiger partial charge is 0.225 e. The van der Waals surface area contributed by atoms with Crippen LogP contribution in [0.25, 0.3) is 0 Å². The molecule has 1 amide bonds. The van der Waals surface area contributed by atoms with Gasteiger partial charge in [-0.25, -0.2) is 0 Å². The van der Waals surface area contributed by atoms with Crippen LogP contribution in [0.15, 0.2) is 24.3 Å². The van der Waals surface area contributed by atoms with Crippen molar-refractivity contribution in [3.05, 3.63) is 34.9 Å². The molecule has 23 heavy (non-hydrogen) atoms. The van der Waals surface area contributed by atoms with Crippen LogP contribution in [-0.2, 0) is 14.3 Å². The summed E-state index contributed by atoms with van der Waals surface area (Å²) in [7, 11) is 1.63. The summed E-state index contributed by atoms with van der Waals surface area (Å²) in [6.45, 7) is 3.75. The Bertz CT molecular complexity index is 488. The first kappa shape index (κ1) is 20.2. The zero-order chi connectivity index (χ0) is 15.8. The Morgan fingerprint density at radius 2 is 2.22 bits per heavy atom. The first-order chi connectivity index (χ1) is 10.7. The van der Waals surface area contributed by atoms with E-state index in [2.05, 4.69) is 5.32 Å². The quantitative estimate of drug-likeness (QED) is 0.756. The largest absolute Gasteiger partial charge is 0.382 e. The maximum atomic E-state index is 12.5. The Morgan fingerprint density at radius 1 is 1.39 bits per heavy atom. The van der Waals surface area contributed by atoms with E-state index in [0.29, 0.717) is 37.8 Å². The number of carbonyl (C=O) groups excluding carboxylic acids is 1. The normalized spacial score (nSPS) is 17.7. The molecule has 7 heteroatoms. The molecule has 1 aliphatic heterocycles. The molecule has 1 aromatic rings. The molecular formula is C16H24Cl2N2O3. The second kappa shape index (κ2) is 10.8. The van der Waals surface area contributed by atoms with Crippen molar-refractivity contribution in [1.82, 2.24) is 10.2 Å². The third-order valence-corrected chi connectivity index (χ3v) is 3.92. The van der Waals surface area contributed by atoms with E-state index in [4.69, 9.17) is 21.1 Å². The van der Waals surface area contributed by atoms with Gasteiger partial charge >= 0.3 is 0 Å². The Balaban J connectivity index is 0.00000264. The first-order valence-corrected chi connectivity index (χ1v) is 7.92. The number of ether oxygens (including phenoxy) is 2. The van der Waals surface area contributed by atoms with E-state index < -0.39 is 0 Å². The Hall–Kier alpha value is -0.850. The van der Waals surface area contributed by atoms with Gasteiger partial charge in [0.05, 0.1) is 32.3 Å². The van der Waals surface area contributed by atoms with Gasteiger partial charge in [0.25, 0.3) is 0 Å². The maximum absolute atomic E-state index is 12.5. The van der Waals surface area contributed by atoms with E-state index in [1.807, 2.05) is 29.2 Å². The fourth-order valence-corrected chi connectivity index (χ4v) is 2.76. The van der Waals surface area contributed by atoms with Crippen LogP contribution in [0.5, 0.6) is 0 Å². The van der Waals surface area contributed by atoms with E-state index in [9.17, 15) is 4.79 Å². The van der Waals surface area contributed by atoms with E-state index in [1.54, 1.807) is 7.11 Å². The van der Waals surface area contributed by atoms with Crippen molar-refractivity contribution in [2.75, 3.05) is 46.6 Å². The standard InChI is InChI=1S/C16H23ClN2O3.ClH/c1-21-9-10-22-8-5-16(20)19-7-6-18-12-15(19)13-3-2-4-14(17)11-13;/h2-4,11,15,18H,5-10,12H2,1H3;1H. The predicted molar refractivity (Wildman–Crippen MR) is 93.3 cm³/mol. The van der Waals surface area contributed by atoms with Crippen LogP contribution in [0.1, 0.15) is 18.0 Å². The number of hydrogen-bond acceptors (Lipinski definition) is 4. The zero-order valence-electron chi connectivity index (χ0n) is 13.3. The second-order valence-corrected chi connectivity index (χ2v) is 5.65. The predicted octanol–water partition coefficient (Wildman–Crippen LogP) is 2.29. The number of methoxy groups -OCH3 is 1. The lowest BCUT2D eigenvalue weighted by Gasteiger charge is -2.36. The molecule has 0 radical (unpaired) electrons. The minimum Gasteiger partial charge on any atom is -0.382 e. The number of nitrogens with zero attached hydrogens (tertiary/aromatic N) is 1. The molecule has 5 nitrogen and oxygen atoms in total. The summed E-state index contributed by atoms with van der Waals surface area (Å²) in [5.74, 6) is 0.115. The van der Waals surface area contributed by atoms with Crippen LogP contribution in [0, 0.1) is 0 Å². The topological polar surface area (TPSA) is 50.8 Å². The summed E-state index contributed by atoms with van der Waals surface area (Å²) in [6.07, 6.45) is 0.390. The summed E-state index contributed by atoms with van der Waals surface area (Å²) < 4.78 is 10.3. The molecule has 1 unspecified atom stereocenters. The molecule has 0 saturated carbocycles.